The van der Waals surface area contributed by atoms with E-state index in [4.69, 9.17) is 5.73 Å². The van der Waals surface area contributed by atoms with Crippen molar-refractivity contribution in [1.82, 2.24) is 0 Å². The molecule has 1 rings (SSSR count). The number of rotatable bonds is 3. The van der Waals surface area contributed by atoms with Gasteiger partial charge < -0.3 is 16.0 Å². The largest absolute Gasteiger partial charge is 0.377 e. The third-order valence-electron chi connectivity index (χ3n) is 2.46. The number of anilines is 2. The van der Waals surface area contributed by atoms with Gasteiger partial charge in [-0.1, -0.05) is 6.07 Å². The van der Waals surface area contributed by atoms with Gasteiger partial charge in [0.25, 0.3) is 0 Å². The monoisotopic (exact) mass is 257 g/mol. The Balaban J connectivity index is 0.00000256. The number of halogens is 1. The minimum atomic E-state index is -0.498. The first kappa shape index (κ1) is 15.7. The van der Waals surface area contributed by atoms with Crippen LogP contribution in [0.4, 0.5) is 11.4 Å². The van der Waals surface area contributed by atoms with E-state index in [0.29, 0.717) is 0 Å². The molecule has 0 saturated heterocycles. The van der Waals surface area contributed by atoms with Gasteiger partial charge in [-0.3, -0.25) is 4.79 Å². The van der Waals surface area contributed by atoms with Crippen LogP contribution in [-0.2, 0) is 4.79 Å². The Kier molecular flexibility index (Phi) is 5.99. The Labute approximate surface area is 109 Å². The van der Waals surface area contributed by atoms with E-state index in [1.165, 1.54) is 0 Å². The van der Waals surface area contributed by atoms with E-state index >= 15 is 0 Å². The summed E-state index contributed by atoms with van der Waals surface area (Å²) in [6.07, 6.45) is 0. The zero-order chi connectivity index (χ0) is 12.3. The average molecular weight is 258 g/mol. The number of nitrogens with zero attached hydrogens (tertiary/aromatic N) is 1. The van der Waals surface area contributed by atoms with Crippen molar-refractivity contribution in [3.8, 4) is 0 Å². The molecule has 0 radical (unpaired) electrons. The summed E-state index contributed by atoms with van der Waals surface area (Å²) in [5, 5.41) is 2.81. The molecule has 1 atom stereocenters. The Bertz CT molecular complexity index is 391. The lowest BCUT2D eigenvalue weighted by molar-refractivity contribution is -0.117. The summed E-state index contributed by atoms with van der Waals surface area (Å²) in [6, 6.07) is 5.31. The van der Waals surface area contributed by atoms with Gasteiger partial charge in [-0.25, -0.2) is 0 Å². The summed E-state index contributed by atoms with van der Waals surface area (Å²) in [5.41, 5.74) is 8.45. The van der Waals surface area contributed by atoms with Crippen molar-refractivity contribution in [3.63, 3.8) is 0 Å². The smallest absolute Gasteiger partial charge is 0.241 e. The molecule has 0 aliphatic heterocycles. The number of hydrogen-bond acceptors (Lipinski definition) is 3. The second kappa shape index (κ2) is 6.47. The van der Waals surface area contributed by atoms with Gasteiger partial charge in [0.15, 0.2) is 0 Å². The molecule has 0 unspecified atom stereocenters. The molecule has 4 nitrogen and oxygen atoms in total. The highest BCUT2D eigenvalue weighted by molar-refractivity contribution is 5.95. The van der Waals surface area contributed by atoms with Gasteiger partial charge in [0, 0.05) is 25.5 Å². The molecule has 0 bridgehead atoms. The van der Waals surface area contributed by atoms with Crippen LogP contribution in [-0.4, -0.2) is 26.0 Å². The minimum Gasteiger partial charge on any atom is -0.377 e. The van der Waals surface area contributed by atoms with Crippen molar-refractivity contribution in [3.05, 3.63) is 23.8 Å². The molecule has 3 N–H and O–H groups in total. The molecule has 0 saturated carbocycles. The molecule has 96 valence electrons. The van der Waals surface area contributed by atoms with Crippen molar-refractivity contribution in [2.24, 2.45) is 5.73 Å². The highest BCUT2D eigenvalue weighted by Gasteiger charge is 2.11. The molecular weight excluding hydrogens is 238 g/mol. The van der Waals surface area contributed by atoms with E-state index in [2.05, 4.69) is 5.32 Å². The van der Waals surface area contributed by atoms with Crippen LogP contribution in [0.1, 0.15) is 12.5 Å². The first-order valence-corrected chi connectivity index (χ1v) is 5.27. The number of amides is 1. The number of carbonyl (C=O) groups excluding carboxylic acids is 1. The van der Waals surface area contributed by atoms with Crippen LogP contribution in [0, 0.1) is 6.92 Å². The molecule has 0 aliphatic rings. The van der Waals surface area contributed by atoms with Gasteiger partial charge in [0.2, 0.25) is 5.91 Å². The molecule has 0 fully saturated rings. The lowest BCUT2D eigenvalue weighted by Crippen LogP contribution is -2.32. The molecule has 0 aliphatic carbocycles. The first-order valence-electron chi connectivity index (χ1n) is 5.27. The van der Waals surface area contributed by atoms with E-state index in [0.717, 1.165) is 16.9 Å². The maximum absolute atomic E-state index is 11.5. The van der Waals surface area contributed by atoms with Gasteiger partial charge in [0.05, 0.1) is 6.04 Å². The van der Waals surface area contributed by atoms with Crippen LogP contribution in [0.3, 0.4) is 0 Å². The molecular formula is C12H20ClN3O. The van der Waals surface area contributed by atoms with Crippen LogP contribution in [0.15, 0.2) is 18.2 Å². The number of benzene rings is 1. The van der Waals surface area contributed by atoms with Crippen LogP contribution in [0.2, 0.25) is 0 Å². The fourth-order valence-corrected chi connectivity index (χ4v) is 1.49. The van der Waals surface area contributed by atoms with Gasteiger partial charge >= 0.3 is 0 Å². The maximum Gasteiger partial charge on any atom is 0.241 e. The Morgan fingerprint density at radius 3 is 2.47 bits per heavy atom. The van der Waals surface area contributed by atoms with Crippen molar-refractivity contribution < 1.29 is 4.79 Å². The molecule has 0 spiro atoms. The second-order valence-corrected chi connectivity index (χ2v) is 4.12. The van der Waals surface area contributed by atoms with Crippen molar-refractivity contribution in [2.45, 2.75) is 19.9 Å². The van der Waals surface area contributed by atoms with Crippen molar-refractivity contribution in [2.75, 3.05) is 24.3 Å². The predicted molar refractivity (Wildman–Crippen MR) is 75.0 cm³/mol. The molecule has 0 heterocycles. The van der Waals surface area contributed by atoms with Gasteiger partial charge in [0.1, 0.15) is 0 Å². The number of carbonyl (C=O) groups is 1. The van der Waals surface area contributed by atoms with Crippen LogP contribution >= 0.6 is 12.4 Å². The van der Waals surface area contributed by atoms with E-state index in [1.54, 1.807) is 6.92 Å². The van der Waals surface area contributed by atoms with E-state index < -0.39 is 6.04 Å². The van der Waals surface area contributed by atoms with E-state index in [9.17, 15) is 4.79 Å². The number of hydrogen-bond donors (Lipinski definition) is 2. The molecule has 1 amide bonds. The zero-order valence-electron chi connectivity index (χ0n) is 10.7. The lowest BCUT2D eigenvalue weighted by atomic mass is 10.1. The molecule has 1 aromatic carbocycles. The summed E-state index contributed by atoms with van der Waals surface area (Å²) in [6.45, 7) is 3.65. The van der Waals surface area contributed by atoms with Crippen molar-refractivity contribution >= 4 is 29.7 Å². The lowest BCUT2D eigenvalue weighted by Gasteiger charge is -2.18. The fourth-order valence-electron chi connectivity index (χ4n) is 1.49. The zero-order valence-corrected chi connectivity index (χ0v) is 11.5. The molecule has 1 aromatic rings. The predicted octanol–water partition coefficient (Wildman–Crippen LogP) is 1.77. The SMILES string of the molecule is Cc1c(NC(=O)[C@@H](C)N)cccc1N(C)C.Cl. The third kappa shape index (κ3) is 3.91. The van der Waals surface area contributed by atoms with Gasteiger partial charge in [-0.15, -0.1) is 12.4 Å². The third-order valence-corrected chi connectivity index (χ3v) is 2.46. The second-order valence-electron chi connectivity index (χ2n) is 4.12. The van der Waals surface area contributed by atoms with E-state index in [-0.39, 0.29) is 18.3 Å². The van der Waals surface area contributed by atoms with Gasteiger partial charge in [-0.2, -0.15) is 0 Å². The molecule has 17 heavy (non-hydrogen) atoms. The topological polar surface area (TPSA) is 58.4 Å². The minimum absolute atomic E-state index is 0. The Hall–Kier alpha value is -1.26. The van der Waals surface area contributed by atoms with Crippen LogP contribution < -0.4 is 16.0 Å². The number of nitrogens with one attached hydrogen (secondary N) is 1. The highest BCUT2D eigenvalue weighted by atomic mass is 35.5. The standard InChI is InChI=1S/C12H19N3O.ClH/c1-8-10(14-12(16)9(2)13)6-5-7-11(8)15(3)4;/h5-7,9H,13H2,1-4H3,(H,14,16);1H/t9-;/m1./s1. The van der Waals surface area contributed by atoms with Crippen LogP contribution in [0.5, 0.6) is 0 Å². The summed E-state index contributed by atoms with van der Waals surface area (Å²) >= 11 is 0. The first-order chi connectivity index (χ1) is 7.43. The summed E-state index contributed by atoms with van der Waals surface area (Å²) in [7, 11) is 3.94. The Morgan fingerprint density at radius 1 is 1.41 bits per heavy atom. The fraction of sp³-hybridized carbons (Fsp3) is 0.417. The summed E-state index contributed by atoms with van der Waals surface area (Å²) < 4.78 is 0. The van der Waals surface area contributed by atoms with Gasteiger partial charge in [-0.05, 0) is 31.5 Å². The van der Waals surface area contributed by atoms with Crippen LogP contribution in [0.25, 0.3) is 0 Å². The molecule has 5 heteroatoms. The summed E-state index contributed by atoms with van der Waals surface area (Å²) in [4.78, 5) is 13.5. The Morgan fingerprint density at radius 2 is 2.00 bits per heavy atom. The quantitative estimate of drug-likeness (QED) is 0.868. The molecule has 0 aromatic heterocycles. The highest BCUT2D eigenvalue weighted by Crippen LogP contribution is 2.25. The normalized spacial score (nSPS) is 11.4. The number of nitrogens with two attached hydrogens (primary N) is 1. The average Bonchev–Trinajstić information content (AvgIpc) is 2.20. The van der Waals surface area contributed by atoms with Crippen molar-refractivity contribution in [1.29, 1.82) is 0 Å². The summed E-state index contributed by atoms with van der Waals surface area (Å²) in [5.74, 6) is -0.168. The van der Waals surface area contributed by atoms with E-state index in [1.807, 2.05) is 44.1 Å². The maximum atomic E-state index is 11.5.